The topological polar surface area (TPSA) is 49.4 Å². The van der Waals surface area contributed by atoms with Crippen molar-refractivity contribution in [3.63, 3.8) is 0 Å². The maximum atomic E-state index is 12.2. The van der Waals surface area contributed by atoms with Gasteiger partial charge in [0.1, 0.15) is 0 Å². The first-order valence-corrected chi connectivity index (χ1v) is 9.46. The minimum atomic E-state index is -3.36. The van der Waals surface area contributed by atoms with Crippen molar-refractivity contribution in [1.82, 2.24) is 9.03 Å². The van der Waals surface area contributed by atoms with E-state index >= 15 is 0 Å². The van der Waals surface area contributed by atoms with Gasteiger partial charge in [-0.1, -0.05) is 47.1 Å². The van der Waals surface area contributed by atoms with E-state index in [0.717, 1.165) is 23.7 Å². The van der Waals surface area contributed by atoms with Crippen molar-refractivity contribution in [2.24, 2.45) is 5.92 Å². The van der Waals surface area contributed by atoms with Crippen LogP contribution in [-0.4, -0.2) is 25.8 Å². The smallest absolute Gasteiger partial charge is 0.198 e. The molecule has 1 saturated heterocycles. The van der Waals surface area contributed by atoms with E-state index in [4.69, 9.17) is 0 Å². The number of rotatable bonds is 5. The molecule has 112 valence electrons. The largest absolute Gasteiger partial charge is 0.279 e. The first kappa shape index (κ1) is 15.9. The highest BCUT2D eigenvalue weighted by atomic mass is 79.9. The fraction of sp³-hybridized carbons (Fsp3) is 0.571. The van der Waals surface area contributed by atoms with Gasteiger partial charge < -0.3 is 0 Å². The first-order valence-electron chi connectivity index (χ1n) is 6.90. The zero-order chi connectivity index (χ0) is 14.6. The Morgan fingerprint density at radius 2 is 1.95 bits per heavy atom. The molecule has 1 N–H and O–H groups in total. The van der Waals surface area contributed by atoms with Gasteiger partial charge in [0.2, 0.25) is 0 Å². The molecule has 1 heterocycles. The lowest BCUT2D eigenvalue weighted by molar-refractivity contribution is 0.278. The Kier molecular flexibility index (Phi) is 5.60. The summed E-state index contributed by atoms with van der Waals surface area (Å²) >= 11 is 3.39. The molecule has 1 aliphatic heterocycles. The molecule has 0 aliphatic carbocycles. The van der Waals surface area contributed by atoms with Gasteiger partial charge in [-0.3, -0.25) is 0 Å². The SMILES string of the molecule is CC1CCCN(S(=O)(=O)NCc2ccc(CBr)cc2)C1. The molecule has 1 fully saturated rings. The maximum absolute atomic E-state index is 12.2. The van der Waals surface area contributed by atoms with E-state index in [9.17, 15) is 8.42 Å². The van der Waals surface area contributed by atoms with Crippen LogP contribution in [0.1, 0.15) is 30.9 Å². The quantitative estimate of drug-likeness (QED) is 0.820. The molecule has 0 spiro atoms. The molecule has 0 aromatic heterocycles. The van der Waals surface area contributed by atoms with E-state index in [1.807, 2.05) is 24.3 Å². The Hall–Kier alpha value is -0.430. The van der Waals surface area contributed by atoms with Crippen LogP contribution in [0.3, 0.4) is 0 Å². The van der Waals surface area contributed by atoms with Crippen molar-refractivity contribution >= 4 is 26.1 Å². The summed E-state index contributed by atoms with van der Waals surface area (Å²) in [5.41, 5.74) is 2.16. The predicted octanol–water partition coefficient (Wildman–Crippen LogP) is 2.65. The maximum Gasteiger partial charge on any atom is 0.279 e. The third-order valence-corrected chi connectivity index (χ3v) is 5.76. The fourth-order valence-electron chi connectivity index (χ4n) is 2.38. The lowest BCUT2D eigenvalue weighted by Crippen LogP contribution is -2.45. The Labute approximate surface area is 129 Å². The van der Waals surface area contributed by atoms with Crippen LogP contribution in [0.15, 0.2) is 24.3 Å². The number of hydrogen-bond donors (Lipinski definition) is 1. The summed E-state index contributed by atoms with van der Waals surface area (Å²) in [6, 6.07) is 7.92. The fourth-order valence-corrected chi connectivity index (χ4v) is 4.10. The minimum absolute atomic E-state index is 0.343. The van der Waals surface area contributed by atoms with Crippen molar-refractivity contribution < 1.29 is 8.42 Å². The van der Waals surface area contributed by atoms with Gasteiger partial charge in [-0.05, 0) is 29.9 Å². The molecule has 6 heteroatoms. The van der Waals surface area contributed by atoms with E-state index in [2.05, 4.69) is 27.6 Å². The van der Waals surface area contributed by atoms with Gasteiger partial charge in [0.25, 0.3) is 10.2 Å². The van der Waals surface area contributed by atoms with Crippen LogP contribution >= 0.6 is 15.9 Å². The van der Waals surface area contributed by atoms with Gasteiger partial charge in [0.15, 0.2) is 0 Å². The summed E-state index contributed by atoms with van der Waals surface area (Å²) < 4.78 is 28.7. The molecule has 0 amide bonds. The highest BCUT2D eigenvalue weighted by molar-refractivity contribution is 9.08. The van der Waals surface area contributed by atoms with Crippen molar-refractivity contribution in [2.75, 3.05) is 13.1 Å². The third-order valence-electron chi connectivity index (χ3n) is 3.60. The van der Waals surface area contributed by atoms with Gasteiger partial charge in [0, 0.05) is 25.0 Å². The minimum Gasteiger partial charge on any atom is -0.198 e. The molecule has 1 atom stereocenters. The number of nitrogens with one attached hydrogen (secondary N) is 1. The molecular formula is C14H21BrN2O2S. The standard InChI is InChI=1S/C14H21BrN2O2S/c1-12-3-2-8-17(11-12)20(18,19)16-10-14-6-4-13(9-15)5-7-14/h4-7,12,16H,2-3,8-11H2,1H3. The van der Waals surface area contributed by atoms with Crippen LogP contribution < -0.4 is 4.72 Å². The van der Waals surface area contributed by atoms with Crippen LogP contribution in [0.25, 0.3) is 0 Å². The Morgan fingerprint density at radius 3 is 2.55 bits per heavy atom. The highest BCUT2D eigenvalue weighted by Crippen LogP contribution is 2.18. The van der Waals surface area contributed by atoms with Gasteiger partial charge in [-0.15, -0.1) is 0 Å². The first-order chi connectivity index (χ1) is 9.51. The molecule has 4 nitrogen and oxygen atoms in total. The number of alkyl halides is 1. The predicted molar refractivity (Wildman–Crippen MR) is 84.8 cm³/mol. The van der Waals surface area contributed by atoms with Crippen LogP contribution in [0.5, 0.6) is 0 Å². The van der Waals surface area contributed by atoms with Gasteiger partial charge in [-0.25, -0.2) is 0 Å². The number of piperidine rings is 1. The monoisotopic (exact) mass is 360 g/mol. The second-order valence-electron chi connectivity index (χ2n) is 5.38. The molecule has 20 heavy (non-hydrogen) atoms. The molecule has 0 bridgehead atoms. The van der Waals surface area contributed by atoms with Crippen molar-refractivity contribution in [1.29, 1.82) is 0 Å². The van der Waals surface area contributed by atoms with E-state index in [-0.39, 0.29) is 0 Å². The van der Waals surface area contributed by atoms with Crippen molar-refractivity contribution in [3.05, 3.63) is 35.4 Å². The second-order valence-corrected chi connectivity index (χ2v) is 7.70. The summed E-state index contributed by atoms with van der Waals surface area (Å²) in [5, 5.41) is 0.810. The van der Waals surface area contributed by atoms with Crippen LogP contribution in [0.4, 0.5) is 0 Å². The van der Waals surface area contributed by atoms with Gasteiger partial charge in [0.05, 0.1) is 0 Å². The van der Waals surface area contributed by atoms with Crippen molar-refractivity contribution in [3.8, 4) is 0 Å². The van der Waals surface area contributed by atoms with Crippen LogP contribution in [0, 0.1) is 5.92 Å². The third kappa shape index (κ3) is 4.28. The Morgan fingerprint density at radius 1 is 1.30 bits per heavy atom. The lowest BCUT2D eigenvalue weighted by atomic mass is 10.0. The average Bonchev–Trinajstić information content (AvgIpc) is 2.46. The zero-order valence-electron chi connectivity index (χ0n) is 11.7. The van der Waals surface area contributed by atoms with E-state index < -0.39 is 10.2 Å². The molecule has 1 aromatic carbocycles. The molecule has 0 saturated carbocycles. The van der Waals surface area contributed by atoms with Gasteiger partial charge in [-0.2, -0.15) is 17.4 Å². The summed E-state index contributed by atoms with van der Waals surface area (Å²) in [5.74, 6) is 0.443. The van der Waals surface area contributed by atoms with E-state index in [1.54, 1.807) is 4.31 Å². The van der Waals surface area contributed by atoms with Gasteiger partial charge >= 0.3 is 0 Å². The molecular weight excluding hydrogens is 340 g/mol. The van der Waals surface area contributed by atoms with Crippen LogP contribution in [-0.2, 0) is 22.1 Å². The lowest BCUT2D eigenvalue weighted by Gasteiger charge is -2.30. The molecule has 1 aromatic rings. The summed E-state index contributed by atoms with van der Waals surface area (Å²) in [6.45, 7) is 3.69. The molecule has 0 radical (unpaired) electrons. The summed E-state index contributed by atoms with van der Waals surface area (Å²) in [4.78, 5) is 0. The number of benzene rings is 1. The Balaban J connectivity index is 1.94. The number of nitrogens with zero attached hydrogens (tertiary/aromatic N) is 1. The summed E-state index contributed by atoms with van der Waals surface area (Å²) in [6.07, 6.45) is 2.06. The number of hydrogen-bond acceptors (Lipinski definition) is 2. The zero-order valence-corrected chi connectivity index (χ0v) is 14.1. The molecule has 1 unspecified atom stereocenters. The normalized spacial score (nSPS) is 21.0. The average molecular weight is 361 g/mol. The Bertz CT molecular complexity index is 531. The molecule has 2 rings (SSSR count). The van der Waals surface area contributed by atoms with Crippen molar-refractivity contribution in [2.45, 2.75) is 31.6 Å². The van der Waals surface area contributed by atoms with E-state index in [1.165, 1.54) is 5.56 Å². The summed E-state index contributed by atoms with van der Waals surface area (Å²) in [7, 11) is -3.36. The number of halogens is 1. The second kappa shape index (κ2) is 7.02. The van der Waals surface area contributed by atoms with E-state index in [0.29, 0.717) is 25.6 Å². The molecule has 1 aliphatic rings. The highest BCUT2D eigenvalue weighted by Gasteiger charge is 2.26. The van der Waals surface area contributed by atoms with Crippen LogP contribution in [0.2, 0.25) is 0 Å².